The minimum Gasteiger partial charge on any atom is -0.393 e. The van der Waals surface area contributed by atoms with Gasteiger partial charge in [0.1, 0.15) is 0 Å². The molecule has 2 saturated carbocycles. The Labute approximate surface area is 193 Å². The second-order valence-electron chi connectivity index (χ2n) is 13.6. The molecule has 0 aliphatic heterocycles. The van der Waals surface area contributed by atoms with Gasteiger partial charge in [0.15, 0.2) is 0 Å². The molecule has 0 amide bonds. The van der Waals surface area contributed by atoms with E-state index in [1.54, 1.807) is 0 Å². The van der Waals surface area contributed by atoms with E-state index in [0.29, 0.717) is 22.2 Å². The quantitative estimate of drug-likeness (QED) is 0.447. The average Bonchev–Trinajstić information content (AvgIpc) is 2.96. The van der Waals surface area contributed by atoms with Crippen molar-refractivity contribution in [1.29, 1.82) is 0 Å². The van der Waals surface area contributed by atoms with Crippen LogP contribution in [-0.2, 0) is 0 Å². The highest BCUT2D eigenvalue weighted by Crippen LogP contribution is 2.72. The molecular formula is C30H50O. The normalized spacial score (nSPS) is 44.9. The first-order valence-corrected chi connectivity index (χ1v) is 13.4. The molecular weight excluding hydrogens is 376 g/mol. The molecule has 2 fully saturated rings. The van der Waals surface area contributed by atoms with Gasteiger partial charge in [-0.25, -0.2) is 0 Å². The van der Waals surface area contributed by atoms with E-state index in [9.17, 15) is 5.11 Å². The molecule has 1 unspecified atom stereocenters. The minimum absolute atomic E-state index is 0.0465. The predicted octanol–water partition coefficient (Wildman–Crippen LogP) is 8.48. The molecule has 4 aliphatic carbocycles. The van der Waals surface area contributed by atoms with E-state index < -0.39 is 0 Å². The highest BCUT2D eigenvalue weighted by molar-refractivity contribution is 5.38. The first-order chi connectivity index (χ1) is 14.4. The van der Waals surface area contributed by atoms with Gasteiger partial charge in [-0.15, -0.1) is 0 Å². The summed E-state index contributed by atoms with van der Waals surface area (Å²) in [5.74, 6) is 2.32. The Balaban J connectivity index is 1.65. The Morgan fingerprint density at radius 3 is 2.35 bits per heavy atom. The third-order valence-electron chi connectivity index (χ3n) is 11.7. The number of fused-ring (bicyclic) bond motifs is 4. The summed E-state index contributed by atoms with van der Waals surface area (Å²) in [5, 5.41) is 10.8. The van der Waals surface area contributed by atoms with Crippen LogP contribution < -0.4 is 0 Å². The van der Waals surface area contributed by atoms with Gasteiger partial charge in [-0.05, 0) is 117 Å². The summed E-state index contributed by atoms with van der Waals surface area (Å²) in [6, 6.07) is 0. The van der Waals surface area contributed by atoms with E-state index in [-0.39, 0.29) is 11.5 Å². The van der Waals surface area contributed by atoms with Gasteiger partial charge in [0.2, 0.25) is 0 Å². The zero-order valence-corrected chi connectivity index (χ0v) is 21.9. The molecule has 7 atom stereocenters. The molecule has 0 bridgehead atoms. The summed E-state index contributed by atoms with van der Waals surface area (Å²) in [4.78, 5) is 0. The van der Waals surface area contributed by atoms with Gasteiger partial charge in [-0.2, -0.15) is 0 Å². The zero-order chi connectivity index (χ0) is 22.8. The summed E-state index contributed by atoms with van der Waals surface area (Å²) in [6.45, 7) is 19.6. The number of allylic oxidation sites excluding steroid dienone is 4. The number of aliphatic hydroxyl groups is 1. The fourth-order valence-electron chi connectivity index (χ4n) is 9.47. The van der Waals surface area contributed by atoms with E-state index in [2.05, 4.69) is 61.5 Å². The van der Waals surface area contributed by atoms with Gasteiger partial charge < -0.3 is 5.11 Å². The average molecular weight is 427 g/mol. The Hall–Kier alpha value is -0.560. The van der Waals surface area contributed by atoms with Gasteiger partial charge in [0.05, 0.1) is 6.10 Å². The molecule has 31 heavy (non-hydrogen) atoms. The Morgan fingerprint density at radius 2 is 1.68 bits per heavy atom. The van der Waals surface area contributed by atoms with Crippen LogP contribution in [0.25, 0.3) is 0 Å². The maximum absolute atomic E-state index is 10.8. The number of rotatable bonds is 4. The minimum atomic E-state index is -0.130. The van der Waals surface area contributed by atoms with Crippen molar-refractivity contribution >= 4 is 0 Å². The van der Waals surface area contributed by atoms with Crippen LogP contribution in [0.1, 0.15) is 120 Å². The number of hydrogen-bond donors (Lipinski definition) is 1. The van der Waals surface area contributed by atoms with Crippen molar-refractivity contribution in [2.45, 2.75) is 126 Å². The van der Waals surface area contributed by atoms with Crippen LogP contribution >= 0.6 is 0 Å². The molecule has 0 aromatic heterocycles. The van der Waals surface area contributed by atoms with Crippen LogP contribution in [0.3, 0.4) is 0 Å². The van der Waals surface area contributed by atoms with Crippen molar-refractivity contribution in [3.63, 3.8) is 0 Å². The number of aliphatic hydroxyl groups excluding tert-OH is 1. The molecule has 0 radical (unpaired) electrons. The smallest absolute Gasteiger partial charge is 0.0594 e. The van der Waals surface area contributed by atoms with Gasteiger partial charge in [-0.3, -0.25) is 0 Å². The van der Waals surface area contributed by atoms with Gasteiger partial charge in [0.25, 0.3) is 0 Å². The predicted molar refractivity (Wildman–Crippen MR) is 133 cm³/mol. The molecule has 176 valence electrons. The zero-order valence-electron chi connectivity index (χ0n) is 21.9. The highest BCUT2D eigenvalue weighted by atomic mass is 16.3. The molecule has 1 nitrogen and oxygen atoms in total. The lowest BCUT2D eigenvalue weighted by atomic mass is 9.43. The second-order valence-corrected chi connectivity index (χ2v) is 13.6. The molecule has 0 saturated heterocycles. The third kappa shape index (κ3) is 3.34. The van der Waals surface area contributed by atoms with Gasteiger partial charge >= 0.3 is 0 Å². The standard InChI is InChI=1S/C30H50O/c1-20(2)10-9-11-21(3)22-14-18-30(8)24-12-13-25-27(4,5)26(31)16-17-28(25,6)23(24)15-19-29(22,30)7/h10,21-22,25-26,31H,9,11-19H2,1-8H3/t21-,22-,25-,26?,28-,29+,30+/m1/s1. The third-order valence-corrected chi connectivity index (χ3v) is 11.7. The Kier molecular flexibility index (Phi) is 5.90. The van der Waals surface area contributed by atoms with Crippen LogP contribution in [-0.4, -0.2) is 11.2 Å². The first-order valence-electron chi connectivity index (χ1n) is 13.4. The monoisotopic (exact) mass is 426 g/mol. The Morgan fingerprint density at radius 1 is 0.968 bits per heavy atom. The number of hydrogen-bond acceptors (Lipinski definition) is 1. The van der Waals surface area contributed by atoms with Crippen molar-refractivity contribution in [3.05, 3.63) is 22.8 Å². The summed E-state index contributed by atoms with van der Waals surface area (Å²) < 4.78 is 0. The molecule has 0 aromatic rings. The lowest BCUT2D eigenvalue weighted by Crippen LogP contribution is -2.55. The molecule has 4 aliphatic rings. The van der Waals surface area contributed by atoms with E-state index in [4.69, 9.17) is 0 Å². The van der Waals surface area contributed by atoms with Crippen LogP contribution in [0.4, 0.5) is 0 Å². The summed E-state index contributed by atoms with van der Waals surface area (Å²) >= 11 is 0. The van der Waals surface area contributed by atoms with E-state index in [1.165, 1.54) is 63.4 Å². The summed E-state index contributed by atoms with van der Waals surface area (Å²) in [5.41, 5.74) is 6.41. The lowest BCUT2D eigenvalue weighted by molar-refractivity contribution is -0.0962. The van der Waals surface area contributed by atoms with Crippen molar-refractivity contribution in [2.24, 2.45) is 39.4 Å². The summed E-state index contributed by atoms with van der Waals surface area (Å²) in [7, 11) is 0. The summed E-state index contributed by atoms with van der Waals surface area (Å²) in [6.07, 6.45) is 15.2. The van der Waals surface area contributed by atoms with E-state index in [1.807, 2.05) is 11.1 Å². The van der Waals surface area contributed by atoms with Crippen molar-refractivity contribution in [3.8, 4) is 0 Å². The molecule has 1 heteroatoms. The van der Waals surface area contributed by atoms with Crippen LogP contribution in [0.2, 0.25) is 0 Å². The molecule has 4 rings (SSSR count). The fraction of sp³-hybridized carbons (Fsp3) is 0.867. The van der Waals surface area contributed by atoms with E-state index >= 15 is 0 Å². The molecule has 0 heterocycles. The molecule has 0 aromatic carbocycles. The topological polar surface area (TPSA) is 20.2 Å². The maximum atomic E-state index is 10.8. The van der Waals surface area contributed by atoms with Crippen molar-refractivity contribution in [2.75, 3.05) is 0 Å². The van der Waals surface area contributed by atoms with Crippen molar-refractivity contribution < 1.29 is 5.11 Å². The molecule has 0 spiro atoms. The van der Waals surface area contributed by atoms with Crippen LogP contribution in [0.15, 0.2) is 22.8 Å². The highest BCUT2D eigenvalue weighted by Gasteiger charge is 2.63. The van der Waals surface area contributed by atoms with Crippen LogP contribution in [0, 0.1) is 39.4 Å². The molecule has 1 N–H and O–H groups in total. The van der Waals surface area contributed by atoms with Gasteiger partial charge in [-0.1, -0.05) is 64.3 Å². The van der Waals surface area contributed by atoms with Crippen LogP contribution in [0.5, 0.6) is 0 Å². The second kappa shape index (κ2) is 7.75. The van der Waals surface area contributed by atoms with E-state index in [0.717, 1.165) is 18.3 Å². The maximum Gasteiger partial charge on any atom is 0.0594 e. The fourth-order valence-corrected chi connectivity index (χ4v) is 9.47. The first kappa shape index (κ1) is 23.6. The van der Waals surface area contributed by atoms with Crippen molar-refractivity contribution in [1.82, 2.24) is 0 Å². The largest absolute Gasteiger partial charge is 0.393 e. The van der Waals surface area contributed by atoms with Gasteiger partial charge in [0, 0.05) is 0 Å². The Bertz CT molecular complexity index is 767. The lowest BCUT2D eigenvalue weighted by Gasteiger charge is -2.62. The SMILES string of the molecule is CC(C)=CCC[C@@H](C)[C@H]1CC[C@@]2(C)C3=C(CC[C@@]12C)[C@@]1(C)CCC(O)C(C)(C)[C@H]1CC3.